The average molecular weight is 261 g/mol. The molecule has 19 heavy (non-hydrogen) atoms. The van der Waals surface area contributed by atoms with Crippen LogP contribution in [0.15, 0.2) is 24.3 Å². The number of ether oxygens (including phenoxy) is 1. The molecule has 0 unspecified atom stereocenters. The molecule has 0 aliphatic carbocycles. The third-order valence-corrected chi connectivity index (χ3v) is 3.79. The van der Waals surface area contributed by atoms with Crippen molar-refractivity contribution in [2.75, 3.05) is 18.5 Å². The molecule has 1 aromatic carbocycles. The number of hydrogen-bond acceptors (Lipinski definition) is 2. The van der Waals surface area contributed by atoms with E-state index in [0.29, 0.717) is 12.3 Å². The molecule has 0 saturated carbocycles. The third kappa shape index (κ3) is 4.35. The molecule has 0 aromatic heterocycles. The minimum Gasteiger partial charge on any atom is -0.381 e. The maximum atomic E-state index is 12.0. The summed E-state index contributed by atoms with van der Waals surface area (Å²) in [6, 6.07) is 8.02. The third-order valence-electron chi connectivity index (χ3n) is 3.79. The van der Waals surface area contributed by atoms with E-state index in [1.54, 1.807) is 0 Å². The zero-order valence-electron chi connectivity index (χ0n) is 11.7. The predicted molar refractivity (Wildman–Crippen MR) is 77.2 cm³/mol. The summed E-state index contributed by atoms with van der Waals surface area (Å²) in [5, 5.41) is 3.03. The fourth-order valence-electron chi connectivity index (χ4n) is 2.53. The normalized spacial score (nSPS) is 16.3. The monoisotopic (exact) mass is 261 g/mol. The lowest BCUT2D eigenvalue weighted by atomic mass is 9.95. The number of rotatable bonds is 5. The van der Waals surface area contributed by atoms with Crippen LogP contribution in [0.2, 0.25) is 0 Å². The van der Waals surface area contributed by atoms with Gasteiger partial charge in [0.2, 0.25) is 5.91 Å². The first-order valence-electron chi connectivity index (χ1n) is 7.25. The Hall–Kier alpha value is -1.35. The van der Waals surface area contributed by atoms with Crippen molar-refractivity contribution >= 4 is 11.6 Å². The number of amides is 1. The number of carbonyl (C=O) groups excluding carboxylic acids is 1. The molecule has 1 aliphatic rings. The second-order valence-corrected chi connectivity index (χ2v) is 5.15. The van der Waals surface area contributed by atoms with E-state index in [0.717, 1.165) is 44.6 Å². The van der Waals surface area contributed by atoms with E-state index in [4.69, 9.17) is 4.74 Å². The lowest BCUT2D eigenvalue weighted by Crippen LogP contribution is -2.19. The molecule has 1 aliphatic heterocycles. The van der Waals surface area contributed by atoms with Crippen molar-refractivity contribution in [3.05, 3.63) is 29.8 Å². The summed E-state index contributed by atoms with van der Waals surface area (Å²) < 4.78 is 5.33. The highest BCUT2D eigenvalue weighted by molar-refractivity contribution is 5.91. The molecule has 2 rings (SSSR count). The van der Waals surface area contributed by atoms with Crippen molar-refractivity contribution in [1.82, 2.24) is 0 Å². The Bertz CT molecular complexity index is 411. The molecule has 0 radical (unpaired) electrons. The summed E-state index contributed by atoms with van der Waals surface area (Å²) in [6.45, 7) is 3.81. The van der Waals surface area contributed by atoms with Crippen LogP contribution in [0.4, 0.5) is 5.69 Å². The Morgan fingerprint density at radius 3 is 2.79 bits per heavy atom. The lowest BCUT2D eigenvalue weighted by molar-refractivity contribution is -0.116. The van der Waals surface area contributed by atoms with Crippen LogP contribution in [0.25, 0.3) is 0 Å². The van der Waals surface area contributed by atoms with E-state index >= 15 is 0 Å². The standard InChI is InChI=1S/C16H23NO2/c1-2-14-5-3-4-6-15(14)17-16(18)8-7-13-9-11-19-12-10-13/h3-6,13H,2,7-12H2,1H3,(H,17,18). The van der Waals surface area contributed by atoms with E-state index in [9.17, 15) is 4.79 Å². The van der Waals surface area contributed by atoms with Crippen molar-refractivity contribution in [2.24, 2.45) is 5.92 Å². The molecule has 1 fully saturated rings. The van der Waals surface area contributed by atoms with Gasteiger partial charge in [0.15, 0.2) is 0 Å². The van der Waals surface area contributed by atoms with Crippen molar-refractivity contribution in [1.29, 1.82) is 0 Å². The number of benzene rings is 1. The fraction of sp³-hybridized carbons (Fsp3) is 0.562. The Kier molecular flexibility index (Phi) is 5.40. The molecule has 0 spiro atoms. The average Bonchev–Trinajstić information content (AvgIpc) is 2.47. The van der Waals surface area contributed by atoms with Gasteiger partial charge in [-0.25, -0.2) is 0 Å². The van der Waals surface area contributed by atoms with Crippen LogP contribution in [0.1, 0.15) is 38.2 Å². The van der Waals surface area contributed by atoms with Crippen LogP contribution in [0.3, 0.4) is 0 Å². The van der Waals surface area contributed by atoms with E-state index in [1.807, 2.05) is 18.2 Å². The van der Waals surface area contributed by atoms with Crippen LogP contribution in [-0.4, -0.2) is 19.1 Å². The first-order chi connectivity index (χ1) is 9.29. The number of nitrogens with one attached hydrogen (secondary N) is 1. The molecule has 0 atom stereocenters. The number of aryl methyl sites for hydroxylation is 1. The van der Waals surface area contributed by atoms with Gasteiger partial charge in [-0.05, 0) is 43.2 Å². The molecular weight excluding hydrogens is 238 g/mol. The Balaban J connectivity index is 1.80. The van der Waals surface area contributed by atoms with Gasteiger partial charge in [0, 0.05) is 25.3 Å². The number of carbonyl (C=O) groups is 1. The maximum Gasteiger partial charge on any atom is 0.224 e. The SMILES string of the molecule is CCc1ccccc1NC(=O)CCC1CCOCC1. The second kappa shape index (κ2) is 7.29. The van der Waals surface area contributed by atoms with Gasteiger partial charge in [-0.2, -0.15) is 0 Å². The summed E-state index contributed by atoms with van der Waals surface area (Å²) in [5.41, 5.74) is 2.16. The van der Waals surface area contributed by atoms with Crippen molar-refractivity contribution < 1.29 is 9.53 Å². The zero-order valence-corrected chi connectivity index (χ0v) is 11.7. The number of para-hydroxylation sites is 1. The van der Waals surface area contributed by atoms with Crippen LogP contribution in [0, 0.1) is 5.92 Å². The molecule has 1 N–H and O–H groups in total. The molecule has 1 saturated heterocycles. The van der Waals surface area contributed by atoms with Crippen LogP contribution in [0.5, 0.6) is 0 Å². The molecule has 1 amide bonds. The van der Waals surface area contributed by atoms with Crippen molar-refractivity contribution in [2.45, 2.75) is 39.0 Å². The summed E-state index contributed by atoms with van der Waals surface area (Å²) in [6.07, 6.45) is 4.72. The quantitative estimate of drug-likeness (QED) is 0.882. The molecule has 3 nitrogen and oxygen atoms in total. The smallest absolute Gasteiger partial charge is 0.224 e. The summed E-state index contributed by atoms with van der Waals surface area (Å²) >= 11 is 0. The highest BCUT2D eigenvalue weighted by Crippen LogP contribution is 2.21. The van der Waals surface area contributed by atoms with Gasteiger partial charge >= 0.3 is 0 Å². The lowest BCUT2D eigenvalue weighted by Gasteiger charge is -2.21. The molecule has 1 aromatic rings. The Morgan fingerprint density at radius 1 is 1.32 bits per heavy atom. The van der Waals surface area contributed by atoms with Gasteiger partial charge in [0.1, 0.15) is 0 Å². The number of anilines is 1. The predicted octanol–water partition coefficient (Wildman–Crippen LogP) is 3.39. The van der Waals surface area contributed by atoms with Gasteiger partial charge in [-0.1, -0.05) is 25.1 Å². The van der Waals surface area contributed by atoms with E-state index in [-0.39, 0.29) is 5.91 Å². The van der Waals surface area contributed by atoms with Crippen LogP contribution < -0.4 is 5.32 Å². The second-order valence-electron chi connectivity index (χ2n) is 5.15. The van der Waals surface area contributed by atoms with Crippen LogP contribution >= 0.6 is 0 Å². The maximum absolute atomic E-state index is 12.0. The Morgan fingerprint density at radius 2 is 2.05 bits per heavy atom. The van der Waals surface area contributed by atoms with E-state index < -0.39 is 0 Å². The minimum atomic E-state index is 0.132. The molecular formula is C16H23NO2. The minimum absolute atomic E-state index is 0.132. The topological polar surface area (TPSA) is 38.3 Å². The summed E-state index contributed by atoms with van der Waals surface area (Å²) in [7, 11) is 0. The molecule has 3 heteroatoms. The van der Waals surface area contributed by atoms with Crippen molar-refractivity contribution in [3.63, 3.8) is 0 Å². The first-order valence-corrected chi connectivity index (χ1v) is 7.25. The van der Waals surface area contributed by atoms with Gasteiger partial charge in [0.05, 0.1) is 0 Å². The van der Waals surface area contributed by atoms with E-state index in [1.165, 1.54) is 5.56 Å². The largest absolute Gasteiger partial charge is 0.381 e. The molecule has 0 bridgehead atoms. The molecule has 1 heterocycles. The highest BCUT2D eigenvalue weighted by atomic mass is 16.5. The summed E-state index contributed by atoms with van der Waals surface area (Å²) in [5.74, 6) is 0.785. The number of hydrogen-bond donors (Lipinski definition) is 1. The summed E-state index contributed by atoms with van der Waals surface area (Å²) in [4.78, 5) is 12.0. The van der Waals surface area contributed by atoms with Gasteiger partial charge in [-0.3, -0.25) is 4.79 Å². The molecule has 104 valence electrons. The van der Waals surface area contributed by atoms with Crippen LogP contribution in [-0.2, 0) is 16.0 Å². The van der Waals surface area contributed by atoms with Gasteiger partial charge in [-0.15, -0.1) is 0 Å². The highest BCUT2D eigenvalue weighted by Gasteiger charge is 2.15. The van der Waals surface area contributed by atoms with Gasteiger partial charge in [0.25, 0.3) is 0 Å². The Labute approximate surface area is 115 Å². The van der Waals surface area contributed by atoms with E-state index in [2.05, 4.69) is 18.3 Å². The van der Waals surface area contributed by atoms with Crippen molar-refractivity contribution in [3.8, 4) is 0 Å². The van der Waals surface area contributed by atoms with Gasteiger partial charge < -0.3 is 10.1 Å². The first kappa shape index (κ1) is 14.1. The zero-order chi connectivity index (χ0) is 13.5. The fourth-order valence-corrected chi connectivity index (χ4v) is 2.53.